The third kappa shape index (κ3) is 1.46. The Balaban J connectivity index is 2.24. The van der Waals surface area contributed by atoms with Crippen molar-refractivity contribution >= 4 is 0 Å². The molecule has 1 saturated carbocycles. The Morgan fingerprint density at radius 3 is 2.69 bits per heavy atom. The van der Waals surface area contributed by atoms with Gasteiger partial charge in [-0.3, -0.25) is 0 Å². The fourth-order valence-electron chi connectivity index (χ4n) is 2.02. The second-order valence-corrected chi connectivity index (χ2v) is 3.66. The lowest BCUT2D eigenvalue weighted by atomic mass is 10.2. The van der Waals surface area contributed by atoms with E-state index in [2.05, 4.69) is 10.3 Å². The molecule has 0 spiro atoms. The molecule has 13 heavy (non-hydrogen) atoms. The van der Waals surface area contributed by atoms with Crippen molar-refractivity contribution in [2.45, 2.75) is 45.3 Å². The summed E-state index contributed by atoms with van der Waals surface area (Å²) in [5.41, 5.74) is 1.74. The van der Waals surface area contributed by atoms with Crippen LogP contribution < -0.4 is 0 Å². The zero-order chi connectivity index (χ0) is 9.26. The number of nitrogens with zero attached hydrogens (tertiary/aromatic N) is 3. The van der Waals surface area contributed by atoms with E-state index in [1.807, 2.05) is 11.6 Å². The molecule has 0 unspecified atom stereocenters. The van der Waals surface area contributed by atoms with Gasteiger partial charge in [0, 0.05) is 0 Å². The van der Waals surface area contributed by atoms with Gasteiger partial charge in [0.1, 0.15) is 5.69 Å². The zero-order valence-corrected chi connectivity index (χ0v) is 7.90. The lowest BCUT2D eigenvalue weighted by Crippen LogP contribution is -2.08. The highest BCUT2D eigenvalue weighted by Gasteiger charge is 2.20. The predicted octanol–water partition coefficient (Wildman–Crippen LogP) is 1.19. The van der Waals surface area contributed by atoms with E-state index in [4.69, 9.17) is 5.11 Å². The first-order valence-corrected chi connectivity index (χ1v) is 4.84. The molecule has 1 fully saturated rings. The average Bonchev–Trinajstić information content (AvgIpc) is 2.72. The molecule has 0 aliphatic heterocycles. The largest absolute Gasteiger partial charge is 0.390 e. The quantitative estimate of drug-likeness (QED) is 0.745. The van der Waals surface area contributed by atoms with Gasteiger partial charge in [-0.15, -0.1) is 5.10 Å². The maximum absolute atomic E-state index is 8.96. The molecule has 0 amide bonds. The van der Waals surface area contributed by atoms with Crippen LogP contribution in [0.3, 0.4) is 0 Å². The van der Waals surface area contributed by atoms with Crippen molar-refractivity contribution in [3.63, 3.8) is 0 Å². The summed E-state index contributed by atoms with van der Waals surface area (Å²) in [7, 11) is 0. The fourth-order valence-corrected chi connectivity index (χ4v) is 2.02. The molecular formula is C9H15N3O. The van der Waals surface area contributed by atoms with Gasteiger partial charge in [-0.05, 0) is 19.8 Å². The number of aliphatic hydroxyl groups excluding tert-OH is 1. The number of rotatable bonds is 2. The van der Waals surface area contributed by atoms with Crippen LogP contribution in [0, 0.1) is 6.92 Å². The van der Waals surface area contributed by atoms with E-state index in [1.54, 1.807) is 0 Å². The van der Waals surface area contributed by atoms with Crippen molar-refractivity contribution in [1.29, 1.82) is 0 Å². The van der Waals surface area contributed by atoms with Gasteiger partial charge in [-0.2, -0.15) is 0 Å². The normalized spacial score (nSPS) is 18.3. The zero-order valence-electron chi connectivity index (χ0n) is 7.90. The van der Waals surface area contributed by atoms with E-state index in [1.165, 1.54) is 25.7 Å². The van der Waals surface area contributed by atoms with Gasteiger partial charge in [-0.25, -0.2) is 4.68 Å². The third-order valence-corrected chi connectivity index (χ3v) is 2.84. The van der Waals surface area contributed by atoms with Crippen molar-refractivity contribution in [3.05, 3.63) is 11.4 Å². The summed E-state index contributed by atoms with van der Waals surface area (Å²) < 4.78 is 1.97. The molecule has 1 heterocycles. The van der Waals surface area contributed by atoms with Crippen molar-refractivity contribution in [2.24, 2.45) is 0 Å². The molecule has 1 aliphatic rings. The van der Waals surface area contributed by atoms with Gasteiger partial charge in [0.05, 0.1) is 18.3 Å². The van der Waals surface area contributed by atoms with Crippen LogP contribution in [0.1, 0.15) is 43.1 Å². The number of hydrogen-bond donors (Lipinski definition) is 1. The molecule has 0 aromatic carbocycles. The van der Waals surface area contributed by atoms with Gasteiger partial charge < -0.3 is 5.11 Å². The molecule has 0 saturated heterocycles. The molecular weight excluding hydrogens is 166 g/mol. The molecule has 72 valence electrons. The summed E-state index contributed by atoms with van der Waals surface area (Å²) in [6.45, 7) is 1.97. The second kappa shape index (κ2) is 3.46. The highest BCUT2D eigenvalue weighted by molar-refractivity contribution is 5.07. The molecule has 4 heteroatoms. The molecule has 0 bridgehead atoms. The average molecular weight is 181 g/mol. The van der Waals surface area contributed by atoms with Crippen molar-refractivity contribution < 1.29 is 5.11 Å². The number of aliphatic hydroxyl groups is 1. The van der Waals surface area contributed by atoms with Crippen LogP contribution >= 0.6 is 0 Å². The minimum absolute atomic E-state index is 0.00144. The van der Waals surface area contributed by atoms with Crippen LogP contribution in [0.15, 0.2) is 0 Å². The van der Waals surface area contributed by atoms with Gasteiger partial charge in [0.25, 0.3) is 0 Å². The Labute approximate surface area is 77.6 Å². The van der Waals surface area contributed by atoms with Crippen molar-refractivity contribution in [1.82, 2.24) is 15.0 Å². The van der Waals surface area contributed by atoms with Gasteiger partial charge >= 0.3 is 0 Å². The number of hydrogen-bond acceptors (Lipinski definition) is 3. The van der Waals surface area contributed by atoms with Gasteiger partial charge in [0.15, 0.2) is 0 Å². The Hall–Kier alpha value is -0.900. The van der Waals surface area contributed by atoms with Crippen LogP contribution in [-0.4, -0.2) is 20.1 Å². The maximum Gasteiger partial charge on any atom is 0.111 e. The molecule has 4 nitrogen and oxygen atoms in total. The predicted molar refractivity (Wildman–Crippen MR) is 48.2 cm³/mol. The van der Waals surface area contributed by atoms with Crippen LogP contribution in [0.5, 0.6) is 0 Å². The minimum atomic E-state index is -0.00144. The molecule has 0 radical (unpaired) electrons. The summed E-state index contributed by atoms with van der Waals surface area (Å²) in [5.74, 6) is 0. The van der Waals surface area contributed by atoms with Crippen molar-refractivity contribution in [3.8, 4) is 0 Å². The molecule has 1 aliphatic carbocycles. The van der Waals surface area contributed by atoms with E-state index in [9.17, 15) is 0 Å². The first-order chi connectivity index (χ1) is 6.33. The summed E-state index contributed by atoms with van der Waals surface area (Å²) >= 11 is 0. The van der Waals surface area contributed by atoms with E-state index in [0.29, 0.717) is 11.7 Å². The first kappa shape index (κ1) is 8.69. The molecule has 1 N–H and O–H groups in total. The maximum atomic E-state index is 8.96. The monoisotopic (exact) mass is 181 g/mol. The lowest BCUT2D eigenvalue weighted by Gasteiger charge is -2.10. The van der Waals surface area contributed by atoms with Gasteiger partial charge in [0.2, 0.25) is 0 Å². The third-order valence-electron chi connectivity index (χ3n) is 2.84. The van der Waals surface area contributed by atoms with Gasteiger partial charge in [-0.1, -0.05) is 18.1 Å². The topological polar surface area (TPSA) is 50.9 Å². The Morgan fingerprint density at radius 2 is 2.15 bits per heavy atom. The lowest BCUT2D eigenvalue weighted by molar-refractivity contribution is 0.275. The summed E-state index contributed by atoms with van der Waals surface area (Å²) in [5, 5.41) is 17.0. The van der Waals surface area contributed by atoms with E-state index < -0.39 is 0 Å². The summed E-state index contributed by atoms with van der Waals surface area (Å²) in [6.07, 6.45) is 4.99. The molecule has 1 aromatic rings. The highest BCUT2D eigenvalue weighted by Crippen LogP contribution is 2.29. The van der Waals surface area contributed by atoms with Crippen LogP contribution in [-0.2, 0) is 6.61 Å². The summed E-state index contributed by atoms with van der Waals surface area (Å²) in [6, 6.07) is 0.521. The van der Waals surface area contributed by atoms with E-state index in [-0.39, 0.29) is 6.61 Å². The first-order valence-electron chi connectivity index (χ1n) is 4.84. The fraction of sp³-hybridized carbons (Fsp3) is 0.778. The molecule has 2 rings (SSSR count). The second-order valence-electron chi connectivity index (χ2n) is 3.66. The highest BCUT2D eigenvalue weighted by atomic mass is 16.3. The van der Waals surface area contributed by atoms with Crippen LogP contribution in [0.2, 0.25) is 0 Å². The molecule has 1 aromatic heterocycles. The smallest absolute Gasteiger partial charge is 0.111 e. The van der Waals surface area contributed by atoms with Crippen LogP contribution in [0.4, 0.5) is 0 Å². The Morgan fingerprint density at radius 1 is 1.46 bits per heavy atom. The summed E-state index contributed by atoms with van der Waals surface area (Å²) in [4.78, 5) is 0. The van der Waals surface area contributed by atoms with E-state index >= 15 is 0 Å². The number of aromatic nitrogens is 3. The van der Waals surface area contributed by atoms with Crippen molar-refractivity contribution in [2.75, 3.05) is 0 Å². The Bertz CT molecular complexity index is 289. The molecule has 0 atom stereocenters. The van der Waals surface area contributed by atoms with E-state index in [0.717, 1.165) is 5.69 Å². The standard InChI is InChI=1S/C9H15N3O/c1-7-9(6-13)10-11-12(7)8-4-2-3-5-8/h8,13H,2-6H2,1H3. The van der Waals surface area contributed by atoms with Crippen LogP contribution in [0.25, 0.3) is 0 Å². The SMILES string of the molecule is Cc1c(CO)nnn1C1CCCC1. The minimum Gasteiger partial charge on any atom is -0.390 e. The Kier molecular flexibility index (Phi) is 2.31.